The molecule has 0 aromatic heterocycles. The summed E-state index contributed by atoms with van der Waals surface area (Å²) >= 11 is 0. The predicted octanol–water partition coefficient (Wildman–Crippen LogP) is 2.18. The summed E-state index contributed by atoms with van der Waals surface area (Å²) in [6.07, 6.45) is 2.57. The zero-order valence-electron chi connectivity index (χ0n) is 7.34. The van der Waals surface area contributed by atoms with Crippen LogP contribution in [0, 0.1) is 0 Å². The van der Waals surface area contributed by atoms with Gasteiger partial charge in [0.15, 0.2) is 6.29 Å². The fourth-order valence-corrected chi connectivity index (χ4v) is 1.09. The molecule has 0 bridgehead atoms. The van der Waals surface area contributed by atoms with Crippen molar-refractivity contribution in [3.8, 4) is 0 Å². The number of allylic oxidation sites excluding steroid dienone is 2. The van der Waals surface area contributed by atoms with Crippen LogP contribution in [0.5, 0.6) is 0 Å². The molecular formula is C9H13FO2. The molecule has 2 nitrogen and oxygen atoms in total. The summed E-state index contributed by atoms with van der Waals surface area (Å²) in [5.41, 5.74) is 0.481. The van der Waals surface area contributed by atoms with Gasteiger partial charge in [-0.3, -0.25) is 0 Å². The lowest BCUT2D eigenvalue weighted by Gasteiger charge is -2.10. The molecule has 0 radical (unpaired) electrons. The van der Waals surface area contributed by atoms with Gasteiger partial charge in [0, 0.05) is 5.57 Å². The van der Waals surface area contributed by atoms with E-state index in [2.05, 4.69) is 0 Å². The average Bonchev–Trinajstić information content (AvgIpc) is 2.58. The molecule has 1 rings (SSSR count). The molecule has 1 heterocycles. The molecule has 0 saturated carbocycles. The second-order valence-corrected chi connectivity index (χ2v) is 2.45. The maximum atomic E-state index is 13.1. The summed E-state index contributed by atoms with van der Waals surface area (Å²) < 4.78 is 23.4. The van der Waals surface area contributed by atoms with Crippen LogP contribution in [0.4, 0.5) is 4.39 Å². The Labute approximate surface area is 71.7 Å². The summed E-state index contributed by atoms with van der Waals surface area (Å²) in [5.74, 6) is -0.274. The van der Waals surface area contributed by atoms with Crippen molar-refractivity contribution in [1.29, 1.82) is 0 Å². The molecular weight excluding hydrogens is 159 g/mol. The third-order valence-corrected chi connectivity index (χ3v) is 1.72. The fraction of sp³-hybridized carbons (Fsp3) is 0.556. The highest BCUT2D eigenvalue weighted by Crippen LogP contribution is 2.21. The van der Waals surface area contributed by atoms with Gasteiger partial charge in [-0.2, -0.15) is 0 Å². The molecule has 12 heavy (non-hydrogen) atoms. The highest BCUT2D eigenvalue weighted by Gasteiger charge is 2.22. The second kappa shape index (κ2) is 4.38. The zero-order chi connectivity index (χ0) is 8.97. The van der Waals surface area contributed by atoms with Crippen LogP contribution in [0.2, 0.25) is 0 Å². The second-order valence-electron chi connectivity index (χ2n) is 2.45. The van der Waals surface area contributed by atoms with Crippen LogP contribution in [0.15, 0.2) is 23.6 Å². The smallest absolute Gasteiger partial charge is 0.186 e. The summed E-state index contributed by atoms with van der Waals surface area (Å²) in [6.45, 7) is 4.50. The third-order valence-electron chi connectivity index (χ3n) is 1.72. The Bertz CT molecular complexity index is 203. The molecule has 0 amide bonds. The lowest BCUT2D eigenvalue weighted by atomic mass is 10.2. The van der Waals surface area contributed by atoms with E-state index in [0.29, 0.717) is 18.8 Å². The number of hydrogen-bond donors (Lipinski definition) is 0. The maximum Gasteiger partial charge on any atom is 0.186 e. The van der Waals surface area contributed by atoms with Crippen LogP contribution in [0.1, 0.15) is 13.8 Å². The van der Waals surface area contributed by atoms with Gasteiger partial charge in [0.1, 0.15) is 5.83 Å². The number of ether oxygens (including phenoxy) is 2. The van der Waals surface area contributed by atoms with Crippen LogP contribution in [-0.2, 0) is 9.47 Å². The van der Waals surface area contributed by atoms with Crippen molar-refractivity contribution in [2.24, 2.45) is 0 Å². The Morgan fingerprint density at radius 2 is 1.83 bits per heavy atom. The minimum absolute atomic E-state index is 0.274. The van der Waals surface area contributed by atoms with Crippen molar-refractivity contribution < 1.29 is 13.9 Å². The topological polar surface area (TPSA) is 18.5 Å². The first kappa shape index (κ1) is 9.42. The van der Waals surface area contributed by atoms with Gasteiger partial charge in [-0.1, -0.05) is 12.2 Å². The van der Waals surface area contributed by atoms with E-state index < -0.39 is 6.29 Å². The first-order chi connectivity index (χ1) is 5.79. The SMILES string of the molecule is C/C=C(\C(F)=C/C)C1OCCO1. The molecule has 68 valence electrons. The van der Waals surface area contributed by atoms with Gasteiger partial charge in [-0.25, -0.2) is 4.39 Å². The minimum Gasteiger partial charge on any atom is -0.346 e. The zero-order valence-corrected chi connectivity index (χ0v) is 7.34. The van der Waals surface area contributed by atoms with Crippen molar-refractivity contribution in [2.75, 3.05) is 13.2 Å². The Morgan fingerprint density at radius 1 is 1.25 bits per heavy atom. The molecule has 0 spiro atoms. The molecule has 1 fully saturated rings. The van der Waals surface area contributed by atoms with Gasteiger partial charge in [-0.15, -0.1) is 0 Å². The average molecular weight is 172 g/mol. The lowest BCUT2D eigenvalue weighted by Crippen LogP contribution is -2.11. The van der Waals surface area contributed by atoms with Crippen molar-refractivity contribution in [1.82, 2.24) is 0 Å². The monoisotopic (exact) mass is 172 g/mol. The molecule has 1 aliphatic rings. The Kier molecular flexibility index (Phi) is 3.44. The molecule has 0 N–H and O–H groups in total. The summed E-state index contributed by atoms with van der Waals surface area (Å²) in [6, 6.07) is 0. The Balaban J connectivity index is 2.68. The van der Waals surface area contributed by atoms with Crippen molar-refractivity contribution >= 4 is 0 Å². The molecule has 0 aliphatic carbocycles. The molecule has 1 aliphatic heterocycles. The van der Waals surface area contributed by atoms with E-state index >= 15 is 0 Å². The van der Waals surface area contributed by atoms with Crippen molar-refractivity contribution in [3.05, 3.63) is 23.6 Å². The van der Waals surface area contributed by atoms with E-state index in [1.807, 2.05) is 0 Å². The molecule has 3 heteroatoms. The van der Waals surface area contributed by atoms with E-state index in [1.165, 1.54) is 6.08 Å². The molecule has 0 aromatic carbocycles. The third kappa shape index (κ3) is 1.93. The molecule has 0 aromatic rings. The van der Waals surface area contributed by atoms with Crippen molar-refractivity contribution in [3.63, 3.8) is 0 Å². The number of rotatable bonds is 2. The first-order valence-electron chi connectivity index (χ1n) is 4.01. The maximum absolute atomic E-state index is 13.1. The normalized spacial score (nSPS) is 21.9. The van der Waals surface area contributed by atoms with Crippen LogP contribution < -0.4 is 0 Å². The molecule has 1 saturated heterocycles. The Hall–Kier alpha value is -0.670. The fourth-order valence-electron chi connectivity index (χ4n) is 1.09. The number of hydrogen-bond acceptors (Lipinski definition) is 2. The Morgan fingerprint density at radius 3 is 2.25 bits per heavy atom. The van der Waals surface area contributed by atoms with Gasteiger partial charge in [0.05, 0.1) is 13.2 Å². The quantitative estimate of drug-likeness (QED) is 0.594. The highest BCUT2D eigenvalue weighted by molar-refractivity contribution is 5.26. The van der Waals surface area contributed by atoms with E-state index in [1.54, 1.807) is 19.9 Å². The van der Waals surface area contributed by atoms with E-state index in [0.717, 1.165) is 0 Å². The van der Waals surface area contributed by atoms with Crippen LogP contribution in [-0.4, -0.2) is 19.5 Å². The largest absolute Gasteiger partial charge is 0.346 e. The van der Waals surface area contributed by atoms with Gasteiger partial charge < -0.3 is 9.47 Å². The first-order valence-corrected chi connectivity index (χ1v) is 4.01. The van der Waals surface area contributed by atoms with E-state index in [9.17, 15) is 4.39 Å². The van der Waals surface area contributed by atoms with Gasteiger partial charge in [0.2, 0.25) is 0 Å². The minimum atomic E-state index is -0.508. The van der Waals surface area contributed by atoms with Crippen LogP contribution >= 0.6 is 0 Å². The summed E-state index contributed by atoms with van der Waals surface area (Å²) in [4.78, 5) is 0. The van der Waals surface area contributed by atoms with E-state index in [-0.39, 0.29) is 5.83 Å². The van der Waals surface area contributed by atoms with Gasteiger partial charge >= 0.3 is 0 Å². The number of halogens is 1. The summed E-state index contributed by atoms with van der Waals surface area (Å²) in [7, 11) is 0. The van der Waals surface area contributed by atoms with Gasteiger partial charge in [0.25, 0.3) is 0 Å². The standard InChI is InChI=1S/C9H13FO2/c1-3-7(8(10)4-2)9-11-5-6-12-9/h3-4,9H,5-6H2,1-2H3/b7-3+,8-4+. The van der Waals surface area contributed by atoms with Gasteiger partial charge in [-0.05, 0) is 13.8 Å². The summed E-state index contributed by atoms with van der Waals surface area (Å²) in [5, 5.41) is 0. The molecule has 0 unspecified atom stereocenters. The van der Waals surface area contributed by atoms with E-state index in [4.69, 9.17) is 9.47 Å². The molecule has 0 atom stereocenters. The van der Waals surface area contributed by atoms with Crippen LogP contribution in [0.3, 0.4) is 0 Å². The lowest BCUT2D eigenvalue weighted by molar-refractivity contribution is -0.0112. The van der Waals surface area contributed by atoms with Crippen molar-refractivity contribution in [2.45, 2.75) is 20.1 Å². The van der Waals surface area contributed by atoms with Crippen LogP contribution in [0.25, 0.3) is 0 Å². The predicted molar refractivity (Wildman–Crippen MR) is 44.3 cm³/mol. The highest BCUT2D eigenvalue weighted by atomic mass is 19.1.